The van der Waals surface area contributed by atoms with Crippen molar-refractivity contribution in [3.63, 3.8) is 0 Å². The third kappa shape index (κ3) is 4.99. The van der Waals surface area contributed by atoms with Crippen LogP contribution in [0.4, 0.5) is 21.0 Å². The molecule has 24 heavy (non-hydrogen) atoms. The van der Waals surface area contributed by atoms with E-state index in [1.807, 2.05) is 31.2 Å². The van der Waals surface area contributed by atoms with Gasteiger partial charge in [0.1, 0.15) is 0 Å². The van der Waals surface area contributed by atoms with Crippen molar-refractivity contribution in [2.75, 3.05) is 17.7 Å². The van der Waals surface area contributed by atoms with Crippen LogP contribution >= 0.6 is 15.9 Å². The number of hydrogen-bond acceptors (Lipinski definition) is 3. The second kappa shape index (κ2) is 8.35. The first-order valence-corrected chi connectivity index (χ1v) is 8.06. The molecule has 6 nitrogen and oxygen atoms in total. The van der Waals surface area contributed by atoms with Crippen molar-refractivity contribution in [3.05, 3.63) is 58.6 Å². The van der Waals surface area contributed by atoms with Crippen LogP contribution in [0, 0.1) is 0 Å². The molecule has 0 aliphatic rings. The van der Waals surface area contributed by atoms with E-state index in [2.05, 4.69) is 36.6 Å². The van der Waals surface area contributed by atoms with Gasteiger partial charge in [0.2, 0.25) is 0 Å². The number of nitrogens with one attached hydrogen (secondary N) is 3. The van der Waals surface area contributed by atoms with Crippen molar-refractivity contribution < 1.29 is 14.3 Å². The van der Waals surface area contributed by atoms with Crippen LogP contribution in [0.15, 0.2) is 53.0 Å². The summed E-state index contributed by atoms with van der Waals surface area (Å²) >= 11 is 3.47. The lowest BCUT2D eigenvalue weighted by Crippen LogP contribution is -2.31. The minimum absolute atomic E-state index is 0.152. The Morgan fingerprint density at radius 1 is 1.00 bits per heavy atom. The lowest BCUT2D eigenvalue weighted by atomic mass is 10.1. The molecule has 0 aliphatic carbocycles. The van der Waals surface area contributed by atoms with E-state index in [9.17, 15) is 9.59 Å². The summed E-state index contributed by atoms with van der Waals surface area (Å²) < 4.78 is 5.45. The van der Waals surface area contributed by atoms with Gasteiger partial charge >= 0.3 is 12.1 Å². The van der Waals surface area contributed by atoms with Gasteiger partial charge in [0.15, 0.2) is 0 Å². The van der Waals surface area contributed by atoms with Crippen LogP contribution in [0.5, 0.6) is 0 Å². The molecule has 0 fully saturated rings. The van der Waals surface area contributed by atoms with Crippen LogP contribution in [0.1, 0.15) is 18.5 Å². The first kappa shape index (κ1) is 17.8. The molecule has 3 N–H and O–H groups in total. The fraction of sp³-hybridized carbons (Fsp3) is 0.176. The largest absolute Gasteiger partial charge is 0.453 e. The minimum atomic E-state index is -0.546. The number of carbonyl (C=O) groups excluding carboxylic acids is 2. The molecule has 7 heteroatoms. The van der Waals surface area contributed by atoms with Crippen LogP contribution in [0.2, 0.25) is 0 Å². The highest BCUT2D eigenvalue weighted by molar-refractivity contribution is 9.10. The Morgan fingerprint density at radius 3 is 2.17 bits per heavy atom. The maximum Gasteiger partial charge on any atom is 0.411 e. The summed E-state index contributed by atoms with van der Waals surface area (Å²) in [6.45, 7) is 1.91. The van der Waals surface area contributed by atoms with Crippen LogP contribution in [-0.4, -0.2) is 19.2 Å². The molecule has 0 radical (unpaired) electrons. The van der Waals surface area contributed by atoms with Gasteiger partial charge in [0.05, 0.1) is 13.2 Å². The lowest BCUT2D eigenvalue weighted by molar-refractivity contribution is 0.187. The van der Waals surface area contributed by atoms with Gasteiger partial charge in [-0.05, 0) is 42.8 Å². The normalized spacial score (nSPS) is 11.3. The molecule has 0 saturated carbocycles. The van der Waals surface area contributed by atoms with Gasteiger partial charge in [0, 0.05) is 15.8 Å². The highest BCUT2D eigenvalue weighted by atomic mass is 79.9. The molecule has 2 aromatic rings. The minimum Gasteiger partial charge on any atom is -0.453 e. The topological polar surface area (TPSA) is 79.5 Å². The summed E-state index contributed by atoms with van der Waals surface area (Å²) in [5.74, 6) is 0. The maximum atomic E-state index is 12.1. The van der Waals surface area contributed by atoms with Gasteiger partial charge in [-0.1, -0.05) is 34.1 Å². The number of benzene rings is 2. The van der Waals surface area contributed by atoms with E-state index >= 15 is 0 Å². The number of methoxy groups -OCH3 is 1. The van der Waals surface area contributed by atoms with E-state index in [0.29, 0.717) is 11.4 Å². The summed E-state index contributed by atoms with van der Waals surface area (Å²) in [4.78, 5) is 23.2. The molecule has 126 valence electrons. The number of rotatable bonds is 4. The summed E-state index contributed by atoms with van der Waals surface area (Å²) in [7, 11) is 1.29. The van der Waals surface area contributed by atoms with Crippen LogP contribution in [-0.2, 0) is 4.74 Å². The van der Waals surface area contributed by atoms with Crippen molar-refractivity contribution in [2.24, 2.45) is 0 Å². The van der Waals surface area contributed by atoms with Gasteiger partial charge in [-0.25, -0.2) is 9.59 Å². The van der Waals surface area contributed by atoms with Crippen molar-refractivity contribution in [2.45, 2.75) is 13.0 Å². The zero-order valence-corrected chi connectivity index (χ0v) is 14.9. The number of urea groups is 1. The number of ether oxygens (including phenoxy) is 1. The van der Waals surface area contributed by atoms with Crippen LogP contribution in [0.25, 0.3) is 0 Å². The molecule has 0 spiro atoms. The average Bonchev–Trinajstić information content (AvgIpc) is 2.56. The Morgan fingerprint density at radius 2 is 1.58 bits per heavy atom. The molecule has 0 aromatic heterocycles. The Hall–Kier alpha value is -2.54. The van der Waals surface area contributed by atoms with Crippen molar-refractivity contribution in [3.8, 4) is 0 Å². The number of hydrogen-bond donors (Lipinski definition) is 3. The molecule has 0 saturated heterocycles. The smallest absolute Gasteiger partial charge is 0.411 e. The van der Waals surface area contributed by atoms with Crippen molar-refractivity contribution in [1.29, 1.82) is 0 Å². The Bertz CT molecular complexity index is 719. The highest BCUT2D eigenvalue weighted by Gasteiger charge is 2.12. The summed E-state index contributed by atoms with van der Waals surface area (Å²) in [5, 5.41) is 8.16. The van der Waals surface area contributed by atoms with Crippen molar-refractivity contribution >= 4 is 39.4 Å². The summed E-state index contributed by atoms with van der Waals surface area (Å²) in [6.07, 6.45) is -0.546. The van der Waals surface area contributed by atoms with E-state index in [-0.39, 0.29) is 12.1 Å². The zero-order chi connectivity index (χ0) is 17.5. The van der Waals surface area contributed by atoms with Gasteiger partial charge in [-0.15, -0.1) is 0 Å². The van der Waals surface area contributed by atoms with Crippen LogP contribution < -0.4 is 16.0 Å². The van der Waals surface area contributed by atoms with Crippen molar-refractivity contribution in [1.82, 2.24) is 5.32 Å². The van der Waals surface area contributed by atoms with E-state index in [1.165, 1.54) is 7.11 Å². The highest BCUT2D eigenvalue weighted by Crippen LogP contribution is 2.22. The molecule has 0 bridgehead atoms. The molecular formula is C17H18BrN3O3. The number of carbonyl (C=O) groups is 2. The summed E-state index contributed by atoms with van der Waals surface area (Å²) in [5.41, 5.74) is 2.18. The van der Waals surface area contributed by atoms with E-state index < -0.39 is 6.09 Å². The standard InChI is InChI=1S/C17H18BrN3O3/c1-11(14-5-3-4-6-15(14)18)19-16(22)20-12-7-9-13(10-8-12)21-17(23)24-2/h3-11H,1-2H3,(H,21,23)(H2,19,20,22). The van der Waals surface area contributed by atoms with E-state index in [1.54, 1.807) is 24.3 Å². The Balaban J connectivity index is 1.92. The Kier molecular flexibility index (Phi) is 6.20. The predicted molar refractivity (Wildman–Crippen MR) is 97.2 cm³/mol. The Labute approximate surface area is 148 Å². The molecule has 1 atom stereocenters. The first-order valence-electron chi connectivity index (χ1n) is 7.26. The molecule has 2 rings (SSSR count). The predicted octanol–water partition coefficient (Wildman–Crippen LogP) is 4.51. The molecule has 2 aromatic carbocycles. The summed E-state index contributed by atoms with van der Waals surface area (Å²) in [6, 6.07) is 14.0. The fourth-order valence-electron chi connectivity index (χ4n) is 2.07. The van der Waals surface area contributed by atoms with Crippen LogP contribution in [0.3, 0.4) is 0 Å². The van der Waals surface area contributed by atoms with Gasteiger partial charge in [-0.2, -0.15) is 0 Å². The number of halogens is 1. The molecule has 0 aliphatic heterocycles. The molecular weight excluding hydrogens is 374 g/mol. The second-order valence-corrected chi connectivity index (χ2v) is 5.89. The van der Waals surface area contributed by atoms with Gasteiger partial charge in [0.25, 0.3) is 0 Å². The number of amides is 3. The van der Waals surface area contributed by atoms with Gasteiger partial charge < -0.3 is 15.4 Å². The molecule has 3 amide bonds. The van der Waals surface area contributed by atoms with E-state index in [4.69, 9.17) is 0 Å². The second-order valence-electron chi connectivity index (χ2n) is 5.04. The third-order valence-electron chi connectivity index (χ3n) is 3.29. The lowest BCUT2D eigenvalue weighted by Gasteiger charge is -2.16. The third-order valence-corrected chi connectivity index (χ3v) is 4.02. The monoisotopic (exact) mass is 391 g/mol. The number of anilines is 2. The maximum absolute atomic E-state index is 12.1. The van der Waals surface area contributed by atoms with E-state index in [0.717, 1.165) is 10.0 Å². The molecule has 1 unspecified atom stereocenters. The SMILES string of the molecule is COC(=O)Nc1ccc(NC(=O)NC(C)c2ccccc2Br)cc1. The first-order chi connectivity index (χ1) is 11.5. The fourth-order valence-corrected chi connectivity index (χ4v) is 2.70. The zero-order valence-electron chi connectivity index (χ0n) is 13.3. The molecule has 0 heterocycles. The van der Waals surface area contributed by atoms with Gasteiger partial charge in [-0.3, -0.25) is 5.32 Å². The quantitative estimate of drug-likeness (QED) is 0.716. The average molecular weight is 392 g/mol.